The van der Waals surface area contributed by atoms with E-state index >= 15 is 0 Å². The van der Waals surface area contributed by atoms with E-state index in [1.165, 1.54) is 0 Å². The molecule has 0 fully saturated rings. The zero-order valence-electron chi connectivity index (χ0n) is 10.6. The number of hydrogen-bond acceptors (Lipinski definition) is 2. The predicted molar refractivity (Wildman–Crippen MR) is 79.8 cm³/mol. The molecule has 100 valence electrons. The molecule has 2 aromatic rings. The van der Waals surface area contributed by atoms with Gasteiger partial charge >= 0.3 is 0 Å². The lowest BCUT2D eigenvalue weighted by atomic mass is 10.1. The van der Waals surface area contributed by atoms with E-state index in [1.54, 1.807) is 6.07 Å². The van der Waals surface area contributed by atoms with Crippen LogP contribution in [0.15, 0.2) is 42.5 Å². The molecule has 0 saturated heterocycles. The third-order valence-corrected chi connectivity index (χ3v) is 3.68. The fourth-order valence-corrected chi connectivity index (χ4v) is 2.18. The Kier molecular flexibility index (Phi) is 4.70. The molecular weight excluding hydrogens is 281 g/mol. The number of benzene rings is 2. The Balaban J connectivity index is 2.17. The Morgan fingerprint density at radius 2 is 1.84 bits per heavy atom. The summed E-state index contributed by atoms with van der Waals surface area (Å²) in [4.78, 5) is 0. The van der Waals surface area contributed by atoms with Gasteiger partial charge in [-0.2, -0.15) is 0 Å². The minimum atomic E-state index is -0.0777. The Bertz CT molecular complexity index is 570. The van der Waals surface area contributed by atoms with Crippen molar-refractivity contribution < 1.29 is 4.74 Å². The van der Waals surface area contributed by atoms with Crippen LogP contribution in [-0.4, -0.2) is 0 Å². The molecular formula is C15H15Cl2NO. The largest absolute Gasteiger partial charge is 0.489 e. The molecule has 0 aliphatic rings. The zero-order valence-corrected chi connectivity index (χ0v) is 12.1. The van der Waals surface area contributed by atoms with Crippen LogP contribution in [0.25, 0.3) is 0 Å². The number of hydrogen-bond donors (Lipinski definition) is 1. The van der Waals surface area contributed by atoms with E-state index in [1.807, 2.05) is 43.3 Å². The van der Waals surface area contributed by atoms with Crippen molar-refractivity contribution in [3.8, 4) is 5.75 Å². The molecule has 0 saturated carbocycles. The normalized spacial score (nSPS) is 12.2. The molecule has 2 N–H and O–H groups in total. The lowest BCUT2D eigenvalue weighted by molar-refractivity contribution is 0.301. The molecule has 0 aromatic heterocycles. The second kappa shape index (κ2) is 6.29. The summed E-state index contributed by atoms with van der Waals surface area (Å²) in [6.45, 7) is 2.29. The van der Waals surface area contributed by atoms with Gasteiger partial charge in [-0.25, -0.2) is 0 Å². The summed E-state index contributed by atoms with van der Waals surface area (Å²) in [7, 11) is 0. The van der Waals surface area contributed by atoms with Crippen molar-refractivity contribution >= 4 is 23.2 Å². The highest BCUT2D eigenvalue weighted by Gasteiger charge is 2.09. The van der Waals surface area contributed by atoms with Gasteiger partial charge in [0.15, 0.2) is 0 Å². The fraction of sp³-hybridized carbons (Fsp3) is 0.200. The van der Waals surface area contributed by atoms with E-state index < -0.39 is 0 Å². The summed E-state index contributed by atoms with van der Waals surface area (Å²) in [6.07, 6.45) is 0. The van der Waals surface area contributed by atoms with Crippen molar-refractivity contribution in [1.82, 2.24) is 0 Å². The van der Waals surface area contributed by atoms with Gasteiger partial charge < -0.3 is 10.5 Å². The molecule has 1 unspecified atom stereocenters. The third kappa shape index (κ3) is 3.41. The summed E-state index contributed by atoms with van der Waals surface area (Å²) >= 11 is 12.1. The number of para-hydroxylation sites is 1. The van der Waals surface area contributed by atoms with Gasteiger partial charge in [0.25, 0.3) is 0 Å². The molecule has 0 spiro atoms. The Morgan fingerprint density at radius 1 is 1.11 bits per heavy atom. The van der Waals surface area contributed by atoms with Gasteiger partial charge in [0.1, 0.15) is 12.4 Å². The molecule has 0 amide bonds. The van der Waals surface area contributed by atoms with Crippen LogP contribution >= 0.6 is 23.2 Å². The Labute approximate surface area is 123 Å². The lowest BCUT2D eigenvalue weighted by Gasteiger charge is -2.14. The van der Waals surface area contributed by atoms with Crippen molar-refractivity contribution in [1.29, 1.82) is 0 Å². The van der Waals surface area contributed by atoms with Gasteiger partial charge in [-0.1, -0.05) is 53.5 Å². The Morgan fingerprint density at radius 3 is 2.58 bits per heavy atom. The first kappa shape index (κ1) is 14.2. The molecule has 2 nitrogen and oxygen atoms in total. The van der Waals surface area contributed by atoms with Crippen LogP contribution in [0.4, 0.5) is 0 Å². The first-order chi connectivity index (χ1) is 9.09. The van der Waals surface area contributed by atoms with Crippen molar-refractivity contribution in [3.63, 3.8) is 0 Å². The maximum absolute atomic E-state index is 6.13. The average molecular weight is 296 g/mol. The Hall–Kier alpha value is -1.22. The minimum absolute atomic E-state index is 0.0777. The number of rotatable bonds is 4. The lowest BCUT2D eigenvalue weighted by Crippen LogP contribution is -2.08. The SMILES string of the molecule is CC(N)c1ccccc1OCc1cccc(Cl)c1Cl. The molecule has 2 aromatic carbocycles. The molecule has 0 aliphatic carbocycles. The van der Waals surface area contributed by atoms with Crippen molar-refractivity contribution in [2.24, 2.45) is 5.73 Å². The minimum Gasteiger partial charge on any atom is -0.489 e. The van der Waals surface area contributed by atoms with Crippen LogP contribution < -0.4 is 10.5 Å². The van der Waals surface area contributed by atoms with Crippen LogP contribution in [0.5, 0.6) is 5.75 Å². The maximum Gasteiger partial charge on any atom is 0.124 e. The van der Waals surface area contributed by atoms with Gasteiger partial charge in [-0.3, -0.25) is 0 Å². The van der Waals surface area contributed by atoms with Gasteiger partial charge in [0, 0.05) is 17.2 Å². The van der Waals surface area contributed by atoms with E-state index in [4.69, 9.17) is 33.7 Å². The predicted octanol–water partition coefficient (Wildman–Crippen LogP) is 4.59. The maximum atomic E-state index is 6.13. The molecule has 0 aliphatic heterocycles. The van der Waals surface area contributed by atoms with E-state index in [-0.39, 0.29) is 6.04 Å². The average Bonchev–Trinajstić information content (AvgIpc) is 2.40. The van der Waals surface area contributed by atoms with Crippen molar-refractivity contribution in [3.05, 3.63) is 63.6 Å². The standard InChI is InChI=1S/C15H15Cl2NO/c1-10(18)12-6-2-3-8-14(12)19-9-11-5-4-7-13(16)15(11)17/h2-8,10H,9,18H2,1H3. The van der Waals surface area contributed by atoms with Crippen LogP contribution in [-0.2, 0) is 6.61 Å². The number of ether oxygens (including phenoxy) is 1. The van der Waals surface area contributed by atoms with Crippen LogP contribution in [0.3, 0.4) is 0 Å². The highest BCUT2D eigenvalue weighted by molar-refractivity contribution is 6.42. The van der Waals surface area contributed by atoms with Crippen molar-refractivity contribution in [2.75, 3.05) is 0 Å². The highest BCUT2D eigenvalue weighted by atomic mass is 35.5. The summed E-state index contributed by atoms with van der Waals surface area (Å²) in [5.41, 5.74) is 7.74. The first-order valence-corrected chi connectivity index (χ1v) is 6.75. The summed E-state index contributed by atoms with van der Waals surface area (Å²) < 4.78 is 5.80. The molecule has 0 radical (unpaired) electrons. The van der Waals surface area contributed by atoms with Crippen LogP contribution in [0.1, 0.15) is 24.1 Å². The molecule has 19 heavy (non-hydrogen) atoms. The first-order valence-electron chi connectivity index (χ1n) is 6.00. The molecule has 4 heteroatoms. The van der Waals surface area contributed by atoms with Gasteiger partial charge in [0.2, 0.25) is 0 Å². The van der Waals surface area contributed by atoms with E-state index in [0.717, 1.165) is 16.9 Å². The molecule has 1 atom stereocenters. The van der Waals surface area contributed by atoms with E-state index in [9.17, 15) is 0 Å². The second-order valence-corrected chi connectivity index (χ2v) is 5.11. The monoisotopic (exact) mass is 295 g/mol. The summed E-state index contributed by atoms with van der Waals surface area (Å²) in [5.74, 6) is 0.772. The fourth-order valence-electron chi connectivity index (χ4n) is 1.80. The number of nitrogens with two attached hydrogens (primary N) is 1. The highest BCUT2D eigenvalue weighted by Crippen LogP contribution is 2.28. The number of halogens is 2. The zero-order chi connectivity index (χ0) is 13.8. The van der Waals surface area contributed by atoms with Gasteiger partial charge in [-0.05, 0) is 19.1 Å². The van der Waals surface area contributed by atoms with E-state index in [0.29, 0.717) is 16.7 Å². The quantitative estimate of drug-likeness (QED) is 0.895. The molecule has 2 rings (SSSR count). The molecule has 0 bridgehead atoms. The second-order valence-electron chi connectivity index (χ2n) is 4.33. The van der Waals surface area contributed by atoms with Gasteiger partial charge in [-0.15, -0.1) is 0 Å². The van der Waals surface area contributed by atoms with Crippen LogP contribution in [0.2, 0.25) is 10.0 Å². The molecule has 0 heterocycles. The topological polar surface area (TPSA) is 35.2 Å². The summed E-state index contributed by atoms with van der Waals surface area (Å²) in [5, 5.41) is 1.06. The summed E-state index contributed by atoms with van der Waals surface area (Å²) in [6, 6.07) is 13.1. The third-order valence-electron chi connectivity index (χ3n) is 2.82. The van der Waals surface area contributed by atoms with E-state index in [2.05, 4.69) is 0 Å². The van der Waals surface area contributed by atoms with Gasteiger partial charge in [0.05, 0.1) is 10.0 Å². The van der Waals surface area contributed by atoms with Crippen molar-refractivity contribution in [2.45, 2.75) is 19.6 Å². The van der Waals surface area contributed by atoms with Crippen LogP contribution in [0, 0.1) is 0 Å². The smallest absolute Gasteiger partial charge is 0.124 e.